The molecule has 1 heterocycles. The van der Waals surface area contributed by atoms with Gasteiger partial charge in [0.25, 0.3) is 5.91 Å². The molecule has 0 N–H and O–H groups in total. The van der Waals surface area contributed by atoms with Crippen LogP contribution in [0.15, 0.2) is 47.5 Å². The molecule has 152 valence electrons. The summed E-state index contributed by atoms with van der Waals surface area (Å²) in [5, 5.41) is 0. The molecular formula is C22H24N2O4S. The monoisotopic (exact) mass is 412 g/mol. The predicted octanol–water partition coefficient (Wildman–Crippen LogP) is 3.82. The Morgan fingerprint density at radius 3 is 2.62 bits per heavy atom. The summed E-state index contributed by atoms with van der Waals surface area (Å²) in [5.41, 5.74) is 3.04. The normalized spacial score (nSPS) is 12.1. The molecule has 6 nitrogen and oxygen atoms in total. The smallest absolute Gasteiger partial charge is 0.272 e. The Morgan fingerprint density at radius 2 is 1.90 bits per heavy atom. The van der Waals surface area contributed by atoms with Gasteiger partial charge in [-0.1, -0.05) is 23.5 Å². The number of carbonyl (C=O) groups excluding carboxylic acids is 1. The lowest BCUT2D eigenvalue weighted by Crippen LogP contribution is -2.18. The van der Waals surface area contributed by atoms with Crippen LogP contribution in [0.1, 0.15) is 11.1 Å². The molecule has 3 aromatic rings. The van der Waals surface area contributed by atoms with Gasteiger partial charge in [-0.2, -0.15) is 4.99 Å². The van der Waals surface area contributed by atoms with Crippen molar-refractivity contribution in [3.8, 4) is 11.5 Å². The summed E-state index contributed by atoms with van der Waals surface area (Å²) in [4.78, 5) is 17.5. The van der Waals surface area contributed by atoms with Crippen molar-refractivity contribution in [2.24, 2.45) is 4.99 Å². The fraction of sp³-hybridized carbons (Fsp3) is 0.273. The molecule has 1 amide bonds. The third-order valence-electron chi connectivity index (χ3n) is 4.39. The van der Waals surface area contributed by atoms with Crippen molar-refractivity contribution in [3.63, 3.8) is 0 Å². The number of rotatable bonds is 7. The molecule has 2 aromatic carbocycles. The Morgan fingerprint density at radius 1 is 1.10 bits per heavy atom. The number of thiazole rings is 1. The molecule has 29 heavy (non-hydrogen) atoms. The van der Waals surface area contributed by atoms with Crippen molar-refractivity contribution in [2.45, 2.75) is 13.5 Å². The van der Waals surface area contributed by atoms with Gasteiger partial charge in [0.05, 0.1) is 31.0 Å². The molecule has 7 heteroatoms. The van der Waals surface area contributed by atoms with Gasteiger partial charge >= 0.3 is 0 Å². The van der Waals surface area contributed by atoms with Gasteiger partial charge in [0.1, 0.15) is 0 Å². The van der Waals surface area contributed by atoms with E-state index in [0.717, 1.165) is 15.8 Å². The summed E-state index contributed by atoms with van der Waals surface area (Å²) < 4.78 is 18.9. The third kappa shape index (κ3) is 4.93. The molecular weight excluding hydrogens is 388 g/mol. The van der Waals surface area contributed by atoms with E-state index in [0.29, 0.717) is 29.5 Å². The second kappa shape index (κ2) is 9.54. The molecule has 0 aliphatic heterocycles. The summed E-state index contributed by atoms with van der Waals surface area (Å²) in [5.74, 6) is 0.922. The summed E-state index contributed by atoms with van der Waals surface area (Å²) in [6.07, 6.45) is 3.17. The first-order chi connectivity index (χ1) is 14.0. The minimum Gasteiger partial charge on any atom is -0.493 e. The molecule has 0 radical (unpaired) electrons. The topological polar surface area (TPSA) is 62.1 Å². The molecule has 0 saturated heterocycles. The van der Waals surface area contributed by atoms with Gasteiger partial charge in [-0.05, 0) is 48.4 Å². The van der Waals surface area contributed by atoms with E-state index in [4.69, 9.17) is 14.2 Å². The molecule has 0 spiro atoms. The Balaban J connectivity index is 1.92. The minimum atomic E-state index is -0.325. The number of hydrogen-bond donors (Lipinski definition) is 0. The van der Waals surface area contributed by atoms with Gasteiger partial charge in [0, 0.05) is 19.7 Å². The van der Waals surface area contributed by atoms with Crippen molar-refractivity contribution in [1.82, 2.24) is 4.57 Å². The van der Waals surface area contributed by atoms with E-state index in [2.05, 4.69) is 23.2 Å². The molecule has 0 aliphatic rings. The van der Waals surface area contributed by atoms with E-state index in [1.165, 1.54) is 23.0 Å². The summed E-state index contributed by atoms with van der Waals surface area (Å²) in [6.45, 7) is 3.22. The summed E-state index contributed by atoms with van der Waals surface area (Å²) >= 11 is 1.50. The van der Waals surface area contributed by atoms with Crippen LogP contribution in [0, 0.1) is 6.92 Å². The number of carbonyl (C=O) groups is 1. The first-order valence-electron chi connectivity index (χ1n) is 9.13. The molecule has 0 unspecified atom stereocenters. The number of fused-ring (bicyclic) bond motifs is 1. The molecule has 0 aliphatic carbocycles. The van der Waals surface area contributed by atoms with Crippen LogP contribution in [0.2, 0.25) is 0 Å². The van der Waals surface area contributed by atoms with E-state index in [1.54, 1.807) is 33.5 Å². The second-order valence-electron chi connectivity index (χ2n) is 6.40. The van der Waals surface area contributed by atoms with E-state index in [1.807, 2.05) is 23.6 Å². The van der Waals surface area contributed by atoms with Gasteiger partial charge in [-0.3, -0.25) is 4.79 Å². The van der Waals surface area contributed by atoms with Gasteiger partial charge < -0.3 is 18.8 Å². The highest BCUT2D eigenvalue weighted by Gasteiger charge is 2.08. The molecule has 0 bridgehead atoms. The Hall–Kier alpha value is -2.90. The highest BCUT2D eigenvalue weighted by atomic mass is 32.1. The average molecular weight is 413 g/mol. The lowest BCUT2D eigenvalue weighted by molar-refractivity contribution is -0.113. The number of ether oxygens (including phenoxy) is 3. The number of benzene rings is 2. The predicted molar refractivity (Wildman–Crippen MR) is 116 cm³/mol. The van der Waals surface area contributed by atoms with Crippen LogP contribution in [0.5, 0.6) is 11.5 Å². The van der Waals surface area contributed by atoms with Crippen molar-refractivity contribution in [3.05, 3.63) is 58.4 Å². The highest BCUT2D eigenvalue weighted by molar-refractivity contribution is 7.16. The zero-order valence-electron chi connectivity index (χ0n) is 17.0. The number of aromatic nitrogens is 1. The maximum absolute atomic E-state index is 12.5. The molecule has 0 saturated carbocycles. The van der Waals surface area contributed by atoms with Crippen molar-refractivity contribution < 1.29 is 19.0 Å². The van der Waals surface area contributed by atoms with Crippen LogP contribution < -0.4 is 14.3 Å². The number of amides is 1. The maximum Gasteiger partial charge on any atom is 0.272 e. The molecule has 1 aromatic heterocycles. The standard InChI is InChI=1S/C22H24N2O4S/c1-15-5-8-17-20(13-15)29-22(24(17)11-12-26-2)23-21(25)10-7-16-6-9-18(27-3)19(14-16)28-4/h5-10,13-14H,11-12H2,1-4H3/b10-7-,23-22?. The first kappa shape index (κ1) is 20.8. The largest absolute Gasteiger partial charge is 0.493 e. The van der Waals surface area contributed by atoms with Crippen LogP contribution in [-0.2, 0) is 16.1 Å². The van der Waals surface area contributed by atoms with E-state index >= 15 is 0 Å². The van der Waals surface area contributed by atoms with Crippen LogP contribution in [0.4, 0.5) is 0 Å². The van der Waals surface area contributed by atoms with E-state index < -0.39 is 0 Å². The quantitative estimate of drug-likeness (QED) is 0.554. The van der Waals surface area contributed by atoms with Crippen molar-refractivity contribution in [1.29, 1.82) is 0 Å². The zero-order chi connectivity index (χ0) is 20.8. The van der Waals surface area contributed by atoms with Crippen LogP contribution in [0.25, 0.3) is 16.3 Å². The maximum atomic E-state index is 12.5. The molecule has 3 rings (SSSR count). The summed E-state index contributed by atoms with van der Waals surface area (Å²) in [6, 6.07) is 11.7. The van der Waals surface area contributed by atoms with Gasteiger partial charge in [-0.15, -0.1) is 0 Å². The number of nitrogens with zero attached hydrogens (tertiary/aromatic N) is 2. The fourth-order valence-electron chi connectivity index (χ4n) is 2.92. The third-order valence-corrected chi connectivity index (χ3v) is 5.43. The first-order valence-corrected chi connectivity index (χ1v) is 9.95. The van der Waals surface area contributed by atoms with Gasteiger partial charge in [0.2, 0.25) is 0 Å². The van der Waals surface area contributed by atoms with Gasteiger partial charge in [-0.25, -0.2) is 0 Å². The van der Waals surface area contributed by atoms with Crippen LogP contribution in [0.3, 0.4) is 0 Å². The fourth-order valence-corrected chi connectivity index (χ4v) is 4.08. The van der Waals surface area contributed by atoms with Gasteiger partial charge in [0.15, 0.2) is 16.3 Å². The number of hydrogen-bond acceptors (Lipinski definition) is 5. The Kier molecular flexibility index (Phi) is 6.85. The highest BCUT2D eigenvalue weighted by Crippen LogP contribution is 2.28. The average Bonchev–Trinajstić information content (AvgIpc) is 3.06. The molecule has 0 atom stereocenters. The van der Waals surface area contributed by atoms with Crippen molar-refractivity contribution >= 4 is 33.5 Å². The molecule has 0 fully saturated rings. The lowest BCUT2D eigenvalue weighted by Gasteiger charge is -2.07. The van der Waals surface area contributed by atoms with E-state index in [-0.39, 0.29) is 5.91 Å². The Labute approximate surface area is 173 Å². The van der Waals surface area contributed by atoms with E-state index in [9.17, 15) is 4.79 Å². The summed E-state index contributed by atoms with van der Waals surface area (Å²) in [7, 11) is 4.82. The Bertz CT molecular complexity index is 1110. The number of methoxy groups -OCH3 is 3. The minimum absolute atomic E-state index is 0.325. The second-order valence-corrected chi connectivity index (χ2v) is 7.41. The van der Waals surface area contributed by atoms with Crippen LogP contribution >= 0.6 is 11.3 Å². The van der Waals surface area contributed by atoms with Crippen molar-refractivity contribution in [2.75, 3.05) is 27.9 Å². The number of aryl methyl sites for hydroxylation is 1. The lowest BCUT2D eigenvalue weighted by atomic mass is 10.2. The SMILES string of the molecule is COCCn1c(=NC(=O)/C=C\c2ccc(OC)c(OC)c2)sc2cc(C)ccc21. The van der Waals surface area contributed by atoms with Crippen LogP contribution in [-0.4, -0.2) is 38.4 Å². The zero-order valence-corrected chi connectivity index (χ0v) is 17.8.